The van der Waals surface area contributed by atoms with Crippen LogP contribution in [0, 0.1) is 30.4 Å². The summed E-state index contributed by atoms with van der Waals surface area (Å²) >= 11 is 3.31. The molecule has 2 rings (SSSR count). The van der Waals surface area contributed by atoms with Gasteiger partial charge in [0.15, 0.2) is 0 Å². The molecule has 2 aromatic carbocycles. The van der Waals surface area contributed by atoms with Crippen molar-refractivity contribution in [2.45, 2.75) is 56.6 Å². The Labute approximate surface area is 209 Å². The van der Waals surface area contributed by atoms with Crippen molar-refractivity contribution in [3.8, 4) is 23.4 Å². The molecule has 174 valence electrons. The molecule has 0 unspecified atom stereocenters. The SMILES string of the molecule is C=C(Br)CCN(C#CCCCC#C[Si](C)(C)Cc1ccccc1)S(=O)(=O)c1ccc(C)cc1. The number of sulfonamides is 1. The summed E-state index contributed by atoms with van der Waals surface area (Å²) in [6.45, 7) is 10.6. The molecule has 0 heterocycles. The van der Waals surface area contributed by atoms with E-state index in [4.69, 9.17) is 0 Å². The van der Waals surface area contributed by atoms with Crippen LogP contribution in [0.4, 0.5) is 0 Å². The van der Waals surface area contributed by atoms with Crippen molar-refractivity contribution in [2.75, 3.05) is 6.54 Å². The molecular formula is C27H32BrNO2SSi. The maximum Gasteiger partial charge on any atom is 0.270 e. The number of hydrogen-bond donors (Lipinski definition) is 0. The second-order valence-corrected chi connectivity index (χ2v) is 16.0. The summed E-state index contributed by atoms with van der Waals surface area (Å²) in [5.74, 6) is 6.36. The Hall–Kier alpha value is -2.25. The molecule has 0 saturated heterocycles. The number of benzene rings is 2. The number of nitrogens with zero attached hydrogens (tertiary/aromatic N) is 1. The van der Waals surface area contributed by atoms with Crippen molar-refractivity contribution in [1.82, 2.24) is 4.31 Å². The monoisotopic (exact) mass is 541 g/mol. The third-order valence-electron chi connectivity index (χ3n) is 4.92. The van der Waals surface area contributed by atoms with Crippen LogP contribution in [-0.4, -0.2) is 27.3 Å². The zero-order valence-corrected chi connectivity index (χ0v) is 23.1. The molecule has 0 aliphatic rings. The Kier molecular flexibility index (Phi) is 10.5. The van der Waals surface area contributed by atoms with E-state index in [9.17, 15) is 8.42 Å². The van der Waals surface area contributed by atoms with E-state index in [2.05, 4.69) is 83.3 Å². The summed E-state index contributed by atoms with van der Waals surface area (Å²) in [7, 11) is -5.30. The van der Waals surface area contributed by atoms with Crippen LogP contribution in [-0.2, 0) is 16.1 Å². The lowest BCUT2D eigenvalue weighted by molar-refractivity contribution is 0.513. The molecule has 0 saturated carbocycles. The summed E-state index contributed by atoms with van der Waals surface area (Å²) in [6.07, 6.45) is 2.68. The van der Waals surface area contributed by atoms with Crippen molar-refractivity contribution >= 4 is 34.0 Å². The average molecular weight is 543 g/mol. The molecule has 0 amide bonds. The molecule has 33 heavy (non-hydrogen) atoms. The Morgan fingerprint density at radius 2 is 1.67 bits per heavy atom. The Bertz CT molecular complexity index is 1150. The van der Waals surface area contributed by atoms with Crippen LogP contribution in [0.15, 0.2) is 70.6 Å². The molecule has 0 fully saturated rings. The van der Waals surface area contributed by atoms with Crippen LogP contribution < -0.4 is 0 Å². The van der Waals surface area contributed by atoms with Crippen LogP contribution in [0.5, 0.6) is 0 Å². The summed E-state index contributed by atoms with van der Waals surface area (Å²) in [5, 5.41) is 0. The lowest BCUT2D eigenvalue weighted by Gasteiger charge is -2.18. The highest BCUT2D eigenvalue weighted by molar-refractivity contribution is 9.11. The molecular weight excluding hydrogens is 510 g/mol. The van der Waals surface area contributed by atoms with Gasteiger partial charge in [0.1, 0.15) is 8.07 Å². The van der Waals surface area contributed by atoms with Crippen LogP contribution in [0.25, 0.3) is 0 Å². The lowest BCUT2D eigenvalue weighted by Crippen LogP contribution is -2.27. The summed E-state index contributed by atoms with van der Waals surface area (Å²) < 4.78 is 28.1. The first-order valence-corrected chi connectivity index (χ1v) is 16.5. The largest absolute Gasteiger partial charge is 0.270 e. The standard InChI is InChI=1S/C27H32BrNO2SSi/c1-24-15-17-27(18-16-24)32(30,31)29(21-19-25(2)28)20-11-6-5-7-12-22-33(3,4)23-26-13-9-8-10-14-26/h8-10,13-18H,2,5-7,19,21,23H2,1,3-4H3. The van der Waals surface area contributed by atoms with E-state index < -0.39 is 18.1 Å². The van der Waals surface area contributed by atoms with E-state index in [1.165, 1.54) is 9.87 Å². The van der Waals surface area contributed by atoms with Crippen LogP contribution >= 0.6 is 15.9 Å². The van der Waals surface area contributed by atoms with Crippen molar-refractivity contribution in [3.05, 3.63) is 76.8 Å². The number of rotatable bonds is 9. The second kappa shape index (κ2) is 12.8. The van der Waals surface area contributed by atoms with Gasteiger partial charge in [-0.1, -0.05) is 89.6 Å². The van der Waals surface area contributed by atoms with Gasteiger partial charge in [0.25, 0.3) is 10.0 Å². The summed E-state index contributed by atoms with van der Waals surface area (Å²) in [5.41, 5.74) is 5.86. The van der Waals surface area contributed by atoms with Crippen molar-refractivity contribution in [2.24, 2.45) is 0 Å². The highest BCUT2D eigenvalue weighted by Crippen LogP contribution is 2.18. The third-order valence-corrected chi connectivity index (χ3v) is 9.18. The fourth-order valence-electron chi connectivity index (χ4n) is 3.16. The van der Waals surface area contributed by atoms with Gasteiger partial charge in [0.05, 0.1) is 4.90 Å². The predicted octanol–water partition coefficient (Wildman–Crippen LogP) is 6.45. The molecule has 0 atom stereocenters. The Morgan fingerprint density at radius 3 is 2.30 bits per heavy atom. The Morgan fingerprint density at radius 1 is 1.03 bits per heavy atom. The normalized spacial score (nSPS) is 11.0. The number of aryl methyl sites for hydroxylation is 1. The fraction of sp³-hybridized carbons (Fsp3) is 0.333. The highest BCUT2D eigenvalue weighted by Gasteiger charge is 2.22. The van der Waals surface area contributed by atoms with Crippen molar-refractivity contribution in [1.29, 1.82) is 0 Å². The molecule has 0 aliphatic heterocycles. The van der Waals surface area contributed by atoms with E-state index >= 15 is 0 Å². The van der Waals surface area contributed by atoms with Gasteiger partial charge in [0, 0.05) is 25.4 Å². The summed E-state index contributed by atoms with van der Waals surface area (Å²) in [6, 6.07) is 21.2. The zero-order valence-electron chi connectivity index (χ0n) is 19.7. The fourth-order valence-corrected chi connectivity index (χ4v) is 6.53. The Balaban J connectivity index is 1.96. The molecule has 0 aliphatic carbocycles. The van der Waals surface area contributed by atoms with Crippen LogP contribution in [0.2, 0.25) is 13.1 Å². The van der Waals surface area contributed by atoms with Gasteiger partial charge in [-0.2, -0.15) is 0 Å². The average Bonchev–Trinajstić information content (AvgIpc) is 2.75. The third kappa shape index (κ3) is 9.64. The van der Waals surface area contributed by atoms with Gasteiger partial charge in [-0.3, -0.25) is 0 Å². The van der Waals surface area contributed by atoms with Crippen molar-refractivity contribution < 1.29 is 8.42 Å². The van der Waals surface area contributed by atoms with E-state index in [-0.39, 0.29) is 11.4 Å². The quantitative estimate of drug-likeness (QED) is 0.158. The highest BCUT2D eigenvalue weighted by atomic mass is 79.9. The maximum absolute atomic E-state index is 13.0. The minimum atomic E-state index is -3.68. The lowest BCUT2D eigenvalue weighted by atomic mass is 10.2. The van der Waals surface area contributed by atoms with Crippen LogP contribution in [0.1, 0.15) is 36.8 Å². The molecule has 2 aromatic rings. The summed E-state index contributed by atoms with van der Waals surface area (Å²) in [4.78, 5) is 0.249. The zero-order chi connectivity index (χ0) is 24.3. The molecule has 3 nitrogen and oxygen atoms in total. The minimum absolute atomic E-state index is 0.249. The number of unbranched alkanes of at least 4 members (excludes halogenated alkanes) is 2. The van der Waals surface area contributed by atoms with Gasteiger partial charge in [-0.15, -0.1) is 11.5 Å². The van der Waals surface area contributed by atoms with Gasteiger partial charge < -0.3 is 0 Å². The molecule has 0 spiro atoms. The van der Waals surface area contributed by atoms with Crippen molar-refractivity contribution in [3.63, 3.8) is 0 Å². The second-order valence-electron chi connectivity index (χ2n) is 8.65. The molecule has 0 radical (unpaired) electrons. The first-order valence-electron chi connectivity index (χ1n) is 11.1. The van der Waals surface area contributed by atoms with Crippen LogP contribution in [0.3, 0.4) is 0 Å². The molecule has 6 heteroatoms. The van der Waals surface area contributed by atoms with E-state index in [1.54, 1.807) is 24.3 Å². The van der Waals surface area contributed by atoms with E-state index in [1.807, 2.05) is 13.0 Å². The van der Waals surface area contributed by atoms with Gasteiger partial charge in [-0.05, 0) is 48.0 Å². The predicted molar refractivity (Wildman–Crippen MR) is 145 cm³/mol. The number of halogens is 1. The maximum atomic E-state index is 13.0. The molecule has 0 N–H and O–H groups in total. The molecule has 0 aromatic heterocycles. The van der Waals surface area contributed by atoms with Gasteiger partial charge >= 0.3 is 0 Å². The van der Waals surface area contributed by atoms with E-state index in [0.717, 1.165) is 28.9 Å². The molecule has 0 bridgehead atoms. The van der Waals surface area contributed by atoms with E-state index in [0.29, 0.717) is 12.8 Å². The number of hydrogen-bond acceptors (Lipinski definition) is 2. The first-order chi connectivity index (χ1) is 15.6. The van der Waals surface area contributed by atoms with Gasteiger partial charge in [0.2, 0.25) is 0 Å². The topological polar surface area (TPSA) is 37.4 Å². The first kappa shape index (κ1) is 27.0. The minimum Gasteiger partial charge on any atom is -0.224 e. The van der Waals surface area contributed by atoms with Gasteiger partial charge in [-0.25, -0.2) is 12.7 Å². The smallest absolute Gasteiger partial charge is 0.224 e.